The molecule has 1 fully saturated rings. The third kappa shape index (κ3) is 5.61. The Morgan fingerprint density at radius 2 is 2.22 bits per heavy atom. The maximum atomic E-state index is 12.1. The Labute approximate surface area is 136 Å². The van der Waals surface area contributed by atoms with Crippen LogP contribution >= 0.6 is 0 Å². The zero-order valence-corrected chi connectivity index (χ0v) is 13.9. The van der Waals surface area contributed by atoms with Gasteiger partial charge in [-0.1, -0.05) is 6.07 Å². The Bertz CT molecular complexity index is 541. The molecular weight excluding hydrogens is 294 g/mol. The zero-order valence-electron chi connectivity index (χ0n) is 13.9. The van der Waals surface area contributed by atoms with Crippen LogP contribution in [0.5, 0.6) is 0 Å². The Balaban J connectivity index is 1.94. The largest absolute Gasteiger partial charge is 0.333 e. The number of nitrogens with zero attached hydrogens (tertiary/aromatic N) is 2. The van der Waals surface area contributed by atoms with Gasteiger partial charge in [-0.05, 0) is 32.4 Å². The predicted molar refractivity (Wildman–Crippen MR) is 87.8 cm³/mol. The first-order valence-electron chi connectivity index (χ1n) is 7.82. The first-order valence-corrected chi connectivity index (χ1v) is 7.82. The number of rotatable bonds is 3. The summed E-state index contributed by atoms with van der Waals surface area (Å²) in [6, 6.07) is 3.50. The van der Waals surface area contributed by atoms with E-state index in [0.29, 0.717) is 0 Å². The number of carbonyl (C=O) groups is 2. The van der Waals surface area contributed by atoms with E-state index in [2.05, 4.69) is 25.8 Å². The lowest BCUT2D eigenvalue weighted by atomic mass is 10.1. The van der Waals surface area contributed by atoms with Crippen LogP contribution in [-0.2, 0) is 4.79 Å². The Morgan fingerprint density at radius 1 is 1.43 bits per heavy atom. The van der Waals surface area contributed by atoms with Gasteiger partial charge in [-0.2, -0.15) is 0 Å². The van der Waals surface area contributed by atoms with Crippen molar-refractivity contribution >= 4 is 11.9 Å². The minimum Gasteiger partial charge on any atom is -0.333 e. The summed E-state index contributed by atoms with van der Waals surface area (Å²) < 4.78 is 0. The van der Waals surface area contributed by atoms with E-state index in [1.54, 1.807) is 6.20 Å². The molecule has 2 rings (SSSR count). The summed E-state index contributed by atoms with van der Waals surface area (Å²) in [6.45, 7) is 8.10. The fourth-order valence-electron chi connectivity index (χ4n) is 2.56. The molecule has 3 N–H and O–H groups in total. The van der Waals surface area contributed by atoms with E-state index < -0.39 is 6.03 Å². The lowest BCUT2D eigenvalue weighted by molar-refractivity contribution is -0.122. The van der Waals surface area contributed by atoms with E-state index in [1.165, 1.54) is 0 Å². The molecule has 7 heteroatoms. The van der Waals surface area contributed by atoms with E-state index in [4.69, 9.17) is 0 Å². The molecule has 1 unspecified atom stereocenters. The van der Waals surface area contributed by atoms with Crippen LogP contribution in [0.1, 0.15) is 32.4 Å². The monoisotopic (exact) mass is 319 g/mol. The first kappa shape index (κ1) is 17.4. The van der Waals surface area contributed by atoms with Crippen LogP contribution in [0.25, 0.3) is 0 Å². The fraction of sp³-hybridized carbons (Fsp3) is 0.562. The summed E-state index contributed by atoms with van der Waals surface area (Å²) in [4.78, 5) is 30.1. The molecule has 0 aromatic carbocycles. The Morgan fingerprint density at radius 3 is 2.87 bits per heavy atom. The third-order valence-electron chi connectivity index (χ3n) is 3.51. The maximum absolute atomic E-state index is 12.1. The number of hydrogen-bond acceptors (Lipinski definition) is 5. The van der Waals surface area contributed by atoms with Crippen molar-refractivity contribution in [3.8, 4) is 0 Å². The number of carbonyl (C=O) groups excluding carboxylic acids is 2. The molecule has 1 aliphatic heterocycles. The molecule has 0 bridgehead atoms. The predicted octanol–water partition coefficient (Wildman–Crippen LogP) is 0.652. The van der Waals surface area contributed by atoms with Crippen LogP contribution in [0.15, 0.2) is 24.5 Å². The zero-order chi connectivity index (χ0) is 16.9. The van der Waals surface area contributed by atoms with E-state index in [0.717, 1.165) is 25.2 Å². The van der Waals surface area contributed by atoms with Crippen LogP contribution in [0, 0.1) is 0 Å². The van der Waals surface area contributed by atoms with Gasteiger partial charge in [0.15, 0.2) is 0 Å². The summed E-state index contributed by atoms with van der Waals surface area (Å²) in [5.74, 6) is -0.303. The molecule has 126 valence electrons. The summed E-state index contributed by atoms with van der Waals surface area (Å²) in [6.07, 6.45) is 3.54. The van der Waals surface area contributed by atoms with E-state index in [-0.39, 0.29) is 24.0 Å². The number of nitrogens with one attached hydrogen (secondary N) is 3. The highest BCUT2D eigenvalue weighted by Gasteiger charge is 2.26. The van der Waals surface area contributed by atoms with Crippen molar-refractivity contribution in [2.75, 3.05) is 26.2 Å². The van der Waals surface area contributed by atoms with Crippen LogP contribution in [0.2, 0.25) is 0 Å². The van der Waals surface area contributed by atoms with Gasteiger partial charge in [-0.3, -0.25) is 20.0 Å². The number of piperazine rings is 1. The molecule has 0 saturated carbocycles. The van der Waals surface area contributed by atoms with Crippen molar-refractivity contribution < 1.29 is 9.59 Å². The quantitative estimate of drug-likeness (QED) is 0.762. The first-order chi connectivity index (χ1) is 10.8. The van der Waals surface area contributed by atoms with E-state index in [1.807, 2.05) is 39.1 Å². The third-order valence-corrected chi connectivity index (χ3v) is 3.51. The molecule has 1 atom stereocenters. The number of urea groups is 1. The molecule has 1 saturated heterocycles. The van der Waals surface area contributed by atoms with Crippen molar-refractivity contribution in [2.24, 2.45) is 0 Å². The highest BCUT2D eigenvalue weighted by atomic mass is 16.2. The normalized spacial score (nSPS) is 19.2. The number of amides is 3. The minimum atomic E-state index is -0.462. The smallest absolute Gasteiger partial charge is 0.321 e. The average molecular weight is 319 g/mol. The molecule has 3 amide bonds. The van der Waals surface area contributed by atoms with E-state index in [9.17, 15) is 9.59 Å². The second-order valence-electron chi connectivity index (χ2n) is 6.73. The van der Waals surface area contributed by atoms with Crippen molar-refractivity contribution in [1.29, 1.82) is 0 Å². The number of hydrogen-bond donors (Lipinski definition) is 3. The van der Waals surface area contributed by atoms with Gasteiger partial charge in [0.1, 0.15) is 0 Å². The lowest BCUT2D eigenvalue weighted by Gasteiger charge is -2.35. The van der Waals surface area contributed by atoms with Gasteiger partial charge in [0, 0.05) is 43.6 Å². The lowest BCUT2D eigenvalue weighted by Crippen LogP contribution is -2.53. The molecule has 0 aliphatic carbocycles. The molecule has 7 nitrogen and oxygen atoms in total. The molecular formula is C16H25N5O2. The molecule has 0 spiro atoms. The van der Waals surface area contributed by atoms with Gasteiger partial charge in [0.05, 0.1) is 6.54 Å². The molecule has 1 aromatic heterocycles. The fourth-order valence-corrected chi connectivity index (χ4v) is 2.56. The summed E-state index contributed by atoms with van der Waals surface area (Å²) in [7, 11) is 0. The van der Waals surface area contributed by atoms with Gasteiger partial charge >= 0.3 is 6.03 Å². The van der Waals surface area contributed by atoms with E-state index >= 15 is 0 Å². The Kier molecular flexibility index (Phi) is 5.68. The standard InChI is InChI=1S/C16H25N5O2/c1-16(2,3)20-15(23)19-14(22)11-21-8-7-18-10-13(21)12-5-4-6-17-9-12/h4-6,9,13,18H,7-8,10-11H2,1-3H3,(H2,19,20,22,23). The number of pyridine rings is 1. The van der Waals surface area contributed by atoms with Crippen LogP contribution < -0.4 is 16.0 Å². The second kappa shape index (κ2) is 7.52. The SMILES string of the molecule is CC(C)(C)NC(=O)NC(=O)CN1CCNCC1c1cccnc1. The van der Waals surface area contributed by atoms with Crippen molar-refractivity contribution in [1.82, 2.24) is 25.8 Å². The molecule has 23 heavy (non-hydrogen) atoms. The van der Waals surface area contributed by atoms with Crippen LogP contribution in [0.3, 0.4) is 0 Å². The van der Waals surface area contributed by atoms with Crippen LogP contribution in [-0.4, -0.2) is 53.5 Å². The Hall–Kier alpha value is -1.99. The number of aromatic nitrogens is 1. The summed E-state index contributed by atoms with van der Waals surface area (Å²) in [5, 5.41) is 8.44. The molecule has 2 heterocycles. The van der Waals surface area contributed by atoms with Gasteiger partial charge in [-0.25, -0.2) is 4.79 Å². The van der Waals surface area contributed by atoms with Crippen molar-refractivity contribution in [3.05, 3.63) is 30.1 Å². The molecule has 1 aromatic rings. The highest BCUT2D eigenvalue weighted by molar-refractivity contribution is 5.95. The summed E-state index contributed by atoms with van der Waals surface area (Å²) >= 11 is 0. The summed E-state index contributed by atoms with van der Waals surface area (Å²) in [5.41, 5.74) is 0.684. The number of imide groups is 1. The maximum Gasteiger partial charge on any atom is 0.321 e. The average Bonchev–Trinajstić information content (AvgIpc) is 2.46. The van der Waals surface area contributed by atoms with Gasteiger partial charge < -0.3 is 10.6 Å². The molecule has 0 radical (unpaired) electrons. The van der Waals surface area contributed by atoms with Crippen molar-refractivity contribution in [3.63, 3.8) is 0 Å². The van der Waals surface area contributed by atoms with Gasteiger partial charge in [0.2, 0.25) is 5.91 Å². The van der Waals surface area contributed by atoms with Gasteiger partial charge in [0.25, 0.3) is 0 Å². The minimum absolute atomic E-state index is 0.0777. The molecule has 1 aliphatic rings. The topological polar surface area (TPSA) is 86.4 Å². The van der Waals surface area contributed by atoms with Crippen LogP contribution in [0.4, 0.5) is 4.79 Å². The highest BCUT2D eigenvalue weighted by Crippen LogP contribution is 2.20. The second-order valence-corrected chi connectivity index (χ2v) is 6.73. The van der Waals surface area contributed by atoms with Crippen molar-refractivity contribution in [2.45, 2.75) is 32.4 Å². The van der Waals surface area contributed by atoms with Gasteiger partial charge in [-0.15, -0.1) is 0 Å².